The van der Waals surface area contributed by atoms with Crippen LogP contribution in [0.4, 0.5) is 0 Å². The molecule has 12 N–H and O–H groups in total. The zero-order valence-corrected chi connectivity index (χ0v) is 20.3. The highest BCUT2D eigenvalue weighted by atomic mass is 31.2. The van der Waals surface area contributed by atoms with E-state index in [2.05, 4.69) is 4.52 Å². The van der Waals surface area contributed by atoms with Gasteiger partial charge >= 0.3 is 7.82 Å². The van der Waals surface area contributed by atoms with Crippen molar-refractivity contribution in [1.29, 1.82) is 0 Å². The average molecular weight is 584 g/mol. The van der Waals surface area contributed by atoms with Crippen molar-refractivity contribution in [2.24, 2.45) is 0 Å². The van der Waals surface area contributed by atoms with Crippen molar-refractivity contribution in [2.45, 2.75) is 92.1 Å². The Balaban J connectivity index is 1.81. The molecule has 1 unspecified atom stereocenters. The third-order valence-corrected chi connectivity index (χ3v) is 6.81. The van der Waals surface area contributed by atoms with Gasteiger partial charge in [0, 0.05) is 0 Å². The summed E-state index contributed by atoms with van der Waals surface area (Å²) in [5.74, 6) is 0. The molecule has 15 atom stereocenters. The second-order valence-corrected chi connectivity index (χ2v) is 10.2. The normalized spacial score (nSPS) is 48.7. The fourth-order valence-electron chi connectivity index (χ4n) is 4.18. The SMILES string of the molecule is O=P(O)(O)OC[C@H]1O[C@H](O[C@@H]2[C@@H](O[C@@H]3C(O)O[C@H](CO)[C@@H](O)[C@@H]3O)O[C@H](CO)[C@@H](O)[C@@H]2O)[C@@H](O)[C@@H](O)[C@@H]1O. The van der Waals surface area contributed by atoms with Crippen LogP contribution in [0, 0.1) is 0 Å². The first-order valence-corrected chi connectivity index (χ1v) is 12.9. The Labute approximate surface area is 214 Å². The second kappa shape index (κ2) is 13.0. The smallest absolute Gasteiger partial charge is 0.394 e. The molecule has 3 fully saturated rings. The number of phosphoric ester groups is 1. The maximum Gasteiger partial charge on any atom is 0.469 e. The number of aliphatic hydroxyl groups excluding tert-OH is 10. The van der Waals surface area contributed by atoms with Crippen LogP contribution in [0.25, 0.3) is 0 Å². The summed E-state index contributed by atoms with van der Waals surface area (Å²) in [6.07, 6.45) is -27.5. The molecule has 38 heavy (non-hydrogen) atoms. The largest absolute Gasteiger partial charge is 0.469 e. The molecule has 0 radical (unpaired) electrons. The van der Waals surface area contributed by atoms with Gasteiger partial charge in [-0.1, -0.05) is 0 Å². The second-order valence-electron chi connectivity index (χ2n) is 8.94. The van der Waals surface area contributed by atoms with Gasteiger partial charge in [-0.3, -0.25) is 4.52 Å². The van der Waals surface area contributed by atoms with E-state index in [1.165, 1.54) is 0 Å². The van der Waals surface area contributed by atoms with E-state index in [1.54, 1.807) is 0 Å². The summed E-state index contributed by atoms with van der Waals surface area (Å²) in [7, 11) is -5.04. The molecule has 3 saturated heterocycles. The Morgan fingerprint density at radius 3 is 1.61 bits per heavy atom. The summed E-state index contributed by atoms with van der Waals surface area (Å²) < 4.78 is 41.8. The molecule has 0 bridgehead atoms. The minimum absolute atomic E-state index is 0.775. The maximum atomic E-state index is 11.0. The third kappa shape index (κ3) is 7.04. The lowest BCUT2D eigenvalue weighted by Gasteiger charge is -2.48. The minimum atomic E-state index is -5.04. The van der Waals surface area contributed by atoms with E-state index >= 15 is 0 Å². The Morgan fingerprint density at radius 2 is 1.05 bits per heavy atom. The molecule has 0 aromatic heterocycles. The van der Waals surface area contributed by atoms with Crippen molar-refractivity contribution >= 4 is 7.82 Å². The number of phosphoric acid groups is 1. The number of hydrogen-bond acceptors (Lipinski definition) is 17. The molecule has 0 amide bonds. The quantitative estimate of drug-likeness (QED) is 0.112. The van der Waals surface area contributed by atoms with Crippen molar-refractivity contribution in [3.63, 3.8) is 0 Å². The molecule has 3 aliphatic heterocycles. The zero-order chi connectivity index (χ0) is 28.5. The van der Waals surface area contributed by atoms with E-state index in [4.69, 9.17) is 33.5 Å². The van der Waals surface area contributed by atoms with Gasteiger partial charge in [-0.15, -0.1) is 0 Å². The van der Waals surface area contributed by atoms with Crippen molar-refractivity contribution in [3.05, 3.63) is 0 Å². The van der Waals surface area contributed by atoms with Crippen LogP contribution < -0.4 is 0 Å². The molecule has 3 aliphatic rings. The first-order chi connectivity index (χ1) is 17.7. The predicted octanol–water partition coefficient (Wildman–Crippen LogP) is -7.46. The van der Waals surface area contributed by atoms with Crippen LogP contribution in [0.5, 0.6) is 0 Å². The van der Waals surface area contributed by atoms with Crippen LogP contribution in [0.1, 0.15) is 0 Å². The molecular weight excluding hydrogens is 551 g/mol. The van der Waals surface area contributed by atoms with Gasteiger partial charge in [-0.2, -0.15) is 0 Å². The Morgan fingerprint density at radius 1 is 0.579 bits per heavy atom. The topological polar surface area (TPSA) is 315 Å². The van der Waals surface area contributed by atoms with Gasteiger partial charge in [0.2, 0.25) is 0 Å². The Hall–Kier alpha value is -0.490. The van der Waals surface area contributed by atoms with E-state index < -0.39 is 120 Å². The molecule has 0 aromatic carbocycles. The fourth-order valence-corrected chi connectivity index (χ4v) is 4.52. The molecular formula is C18H33O19P. The monoisotopic (exact) mass is 584 g/mol. The van der Waals surface area contributed by atoms with Gasteiger partial charge in [-0.05, 0) is 0 Å². The third-order valence-electron chi connectivity index (χ3n) is 6.33. The fraction of sp³-hybridized carbons (Fsp3) is 1.00. The molecule has 19 nitrogen and oxygen atoms in total. The van der Waals surface area contributed by atoms with E-state index in [-0.39, 0.29) is 0 Å². The molecule has 224 valence electrons. The van der Waals surface area contributed by atoms with Gasteiger partial charge in [0.1, 0.15) is 73.2 Å². The summed E-state index contributed by atoms with van der Waals surface area (Å²) >= 11 is 0. The highest BCUT2D eigenvalue weighted by Crippen LogP contribution is 2.37. The summed E-state index contributed by atoms with van der Waals surface area (Å²) in [6.45, 7) is -2.61. The molecule has 3 heterocycles. The number of aliphatic hydroxyl groups is 10. The molecule has 0 spiro atoms. The van der Waals surface area contributed by atoms with E-state index in [1.807, 2.05) is 0 Å². The molecule has 0 saturated carbocycles. The van der Waals surface area contributed by atoms with Crippen LogP contribution >= 0.6 is 7.82 Å². The van der Waals surface area contributed by atoms with Crippen molar-refractivity contribution < 1.29 is 93.6 Å². The van der Waals surface area contributed by atoms with Crippen LogP contribution in [0.3, 0.4) is 0 Å². The lowest BCUT2D eigenvalue weighted by atomic mass is 9.96. The predicted molar refractivity (Wildman–Crippen MR) is 112 cm³/mol. The first kappa shape index (κ1) is 32.0. The summed E-state index contributed by atoms with van der Waals surface area (Å²) in [5.41, 5.74) is 0. The summed E-state index contributed by atoms with van der Waals surface area (Å²) in [6, 6.07) is 0. The first-order valence-electron chi connectivity index (χ1n) is 11.3. The van der Waals surface area contributed by atoms with E-state index in [0.29, 0.717) is 0 Å². The number of hydrogen-bond donors (Lipinski definition) is 12. The van der Waals surface area contributed by atoms with Crippen molar-refractivity contribution in [2.75, 3.05) is 19.8 Å². The summed E-state index contributed by atoms with van der Waals surface area (Å²) in [5, 5.41) is 101. The average Bonchev–Trinajstić information content (AvgIpc) is 2.86. The zero-order valence-electron chi connectivity index (χ0n) is 19.5. The highest BCUT2D eigenvalue weighted by molar-refractivity contribution is 7.46. The van der Waals surface area contributed by atoms with Crippen LogP contribution in [-0.2, 0) is 32.8 Å². The number of ether oxygens (including phenoxy) is 5. The Bertz CT molecular complexity index is 800. The van der Waals surface area contributed by atoms with E-state index in [0.717, 1.165) is 0 Å². The van der Waals surface area contributed by atoms with Crippen LogP contribution in [0.15, 0.2) is 0 Å². The summed E-state index contributed by atoms with van der Waals surface area (Å²) in [4.78, 5) is 17.8. The number of rotatable bonds is 9. The van der Waals surface area contributed by atoms with Gasteiger partial charge in [-0.25, -0.2) is 4.57 Å². The van der Waals surface area contributed by atoms with Gasteiger partial charge in [0.25, 0.3) is 0 Å². The molecule has 0 aromatic rings. The van der Waals surface area contributed by atoms with Gasteiger partial charge < -0.3 is 84.5 Å². The van der Waals surface area contributed by atoms with Crippen molar-refractivity contribution in [1.82, 2.24) is 0 Å². The lowest BCUT2D eigenvalue weighted by molar-refractivity contribution is -0.390. The van der Waals surface area contributed by atoms with Gasteiger partial charge in [0.15, 0.2) is 18.9 Å². The molecule has 20 heteroatoms. The lowest BCUT2D eigenvalue weighted by Crippen LogP contribution is -2.66. The molecule has 3 rings (SSSR count). The van der Waals surface area contributed by atoms with Crippen LogP contribution in [-0.4, -0.2) is 173 Å². The van der Waals surface area contributed by atoms with Crippen LogP contribution in [0.2, 0.25) is 0 Å². The van der Waals surface area contributed by atoms with Crippen molar-refractivity contribution in [3.8, 4) is 0 Å². The minimum Gasteiger partial charge on any atom is -0.394 e. The maximum absolute atomic E-state index is 11.0. The Kier molecular flexibility index (Phi) is 11.0. The van der Waals surface area contributed by atoms with E-state index in [9.17, 15) is 55.6 Å². The highest BCUT2D eigenvalue weighted by Gasteiger charge is 2.53. The standard InChI is InChI=1S/C18H33O19P/c19-1-4-7(21)11(25)14(16(28)33-4)36-18-15(12(26)8(22)5(2-20)34-18)37-17-13(27)10(24)9(23)6(35-17)3-32-38(29,30)31/h4-28H,1-3H2,(H2,29,30,31)/t4-,5-,6-,7-,8-,9-,10+,11+,12+,13+,14+,15+,16?,17-,18-/m1/s1. The molecule has 0 aliphatic carbocycles. The van der Waals surface area contributed by atoms with Gasteiger partial charge in [0.05, 0.1) is 19.8 Å².